The molecule has 1 aromatic carbocycles. The summed E-state index contributed by atoms with van der Waals surface area (Å²) in [6, 6.07) is 8.29. The largest absolute Gasteiger partial charge is 0.451 e. The second-order valence-electron chi connectivity index (χ2n) is 6.44. The molecule has 1 N–H and O–H groups in total. The summed E-state index contributed by atoms with van der Waals surface area (Å²) in [4.78, 5) is 30.6. The third kappa shape index (κ3) is 5.42. The number of aromatic nitrogens is 1. The Morgan fingerprint density at radius 3 is 2.76 bits per heavy atom. The van der Waals surface area contributed by atoms with Crippen molar-refractivity contribution in [2.45, 2.75) is 12.5 Å². The van der Waals surface area contributed by atoms with Gasteiger partial charge in [0.15, 0.2) is 27.3 Å². The van der Waals surface area contributed by atoms with Crippen molar-refractivity contribution < 1.29 is 22.7 Å². The van der Waals surface area contributed by atoms with E-state index in [9.17, 15) is 18.0 Å². The summed E-state index contributed by atoms with van der Waals surface area (Å²) < 4.78 is 28.9. The van der Waals surface area contributed by atoms with Crippen LogP contribution in [0, 0.1) is 0 Å². The van der Waals surface area contributed by atoms with Crippen LogP contribution in [0.25, 0.3) is 0 Å². The van der Waals surface area contributed by atoms with Gasteiger partial charge in [-0.15, -0.1) is 17.9 Å². The van der Waals surface area contributed by atoms with Gasteiger partial charge in [0.25, 0.3) is 5.91 Å². The van der Waals surface area contributed by atoms with E-state index in [1.807, 2.05) is 0 Å². The molecule has 0 spiro atoms. The third-order valence-electron chi connectivity index (χ3n) is 4.31. The lowest BCUT2D eigenvalue weighted by Gasteiger charge is -2.28. The van der Waals surface area contributed by atoms with Crippen molar-refractivity contribution in [1.82, 2.24) is 4.98 Å². The van der Waals surface area contributed by atoms with Crippen molar-refractivity contribution in [1.29, 1.82) is 0 Å². The van der Waals surface area contributed by atoms with E-state index >= 15 is 0 Å². The number of nitrogens with zero attached hydrogens (tertiary/aromatic N) is 2. The molecule has 10 heteroatoms. The normalized spacial score (nSPS) is 17.4. The van der Waals surface area contributed by atoms with Crippen LogP contribution in [-0.2, 0) is 19.4 Å². The monoisotopic (exact) mass is 435 g/mol. The summed E-state index contributed by atoms with van der Waals surface area (Å²) in [5.74, 6) is -1.26. The number of nitrogens with one attached hydrogen (secondary N) is 1. The first-order valence-corrected chi connectivity index (χ1v) is 11.6. The number of amides is 1. The van der Waals surface area contributed by atoms with Gasteiger partial charge in [0.1, 0.15) is 0 Å². The highest BCUT2D eigenvalue weighted by atomic mass is 32.2. The SMILES string of the molecule is C=CCNc1nc(C(=O)OCC(=O)N(c2ccccc2)[C@@H]2CCS(=O)(=O)C2)cs1. The molecule has 2 aromatic rings. The molecule has 29 heavy (non-hydrogen) atoms. The minimum Gasteiger partial charge on any atom is -0.451 e. The Morgan fingerprint density at radius 2 is 2.10 bits per heavy atom. The van der Waals surface area contributed by atoms with Gasteiger partial charge in [-0.25, -0.2) is 18.2 Å². The van der Waals surface area contributed by atoms with Crippen molar-refractivity contribution in [3.63, 3.8) is 0 Å². The maximum atomic E-state index is 12.8. The summed E-state index contributed by atoms with van der Waals surface area (Å²) >= 11 is 1.24. The predicted molar refractivity (Wildman–Crippen MR) is 112 cm³/mol. The lowest BCUT2D eigenvalue weighted by Crippen LogP contribution is -2.43. The first-order valence-electron chi connectivity index (χ1n) is 8.94. The first-order chi connectivity index (χ1) is 13.9. The third-order valence-corrected chi connectivity index (χ3v) is 6.86. The molecule has 0 saturated carbocycles. The molecule has 1 saturated heterocycles. The molecule has 1 aliphatic heterocycles. The summed E-state index contributed by atoms with van der Waals surface area (Å²) in [5, 5.41) is 5.05. The van der Waals surface area contributed by atoms with Gasteiger partial charge in [-0.05, 0) is 18.6 Å². The molecule has 3 rings (SSSR count). The standard InChI is InChI=1S/C19H21N3O5S2/c1-2-9-20-19-21-16(12-28-19)18(24)27-11-17(23)22(14-6-4-3-5-7-14)15-8-10-29(25,26)13-15/h2-7,12,15H,1,8-11,13H2,(H,20,21)/t15-/m1/s1. The molecule has 0 unspecified atom stereocenters. The van der Waals surface area contributed by atoms with E-state index in [4.69, 9.17) is 4.74 Å². The van der Waals surface area contributed by atoms with Crippen molar-refractivity contribution in [3.8, 4) is 0 Å². The molecule has 2 heterocycles. The zero-order chi connectivity index (χ0) is 20.9. The van der Waals surface area contributed by atoms with Gasteiger partial charge in [0, 0.05) is 17.6 Å². The van der Waals surface area contributed by atoms with Gasteiger partial charge in [0.05, 0.1) is 17.5 Å². The maximum Gasteiger partial charge on any atom is 0.358 e. The van der Waals surface area contributed by atoms with E-state index in [-0.39, 0.29) is 17.2 Å². The Labute approximate surface area is 173 Å². The lowest BCUT2D eigenvalue weighted by molar-refractivity contribution is -0.122. The van der Waals surface area contributed by atoms with Crippen molar-refractivity contribution >= 4 is 43.9 Å². The predicted octanol–water partition coefficient (Wildman–Crippen LogP) is 2.12. The van der Waals surface area contributed by atoms with Gasteiger partial charge in [-0.1, -0.05) is 24.3 Å². The maximum absolute atomic E-state index is 12.8. The topological polar surface area (TPSA) is 106 Å². The number of thiazole rings is 1. The number of benzene rings is 1. The van der Waals surface area contributed by atoms with E-state index in [1.54, 1.807) is 36.4 Å². The molecule has 1 amide bonds. The second-order valence-corrected chi connectivity index (χ2v) is 9.53. The molecule has 0 aliphatic carbocycles. The van der Waals surface area contributed by atoms with Crippen LogP contribution < -0.4 is 10.2 Å². The molecule has 1 aliphatic rings. The van der Waals surface area contributed by atoms with Crippen LogP contribution in [0.2, 0.25) is 0 Å². The van der Waals surface area contributed by atoms with Crippen LogP contribution in [0.15, 0.2) is 48.4 Å². The lowest BCUT2D eigenvalue weighted by atomic mass is 10.2. The van der Waals surface area contributed by atoms with E-state index in [1.165, 1.54) is 21.6 Å². The number of hydrogen-bond acceptors (Lipinski definition) is 8. The number of ether oxygens (including phenoxy) is 1. The quantitative estimate of drug-likeness (QED) is 0.500. The molecule has 0 radical (unpaired) electrons. The number of sulfone groups is 1. The zero-order valence-electron chi connectivity index (χ0n) is 15.6. The number of para-hydroxylation sites is 1. The van der Waals surface area contributed by atoms with Crippen molar-refractivity contribution in [2.75, 3.05) is 34.9 Å². The number of rotatable bonds is 8. The second kappa shape index (κ2) is 9.19. The average molecular weight is 436 g/mol. The molecule has 0 bridgehead atoms. The number of carbonyl (C=O) groups excluding carboxylic acids is 2. The van der Waals surface area contributed by atoms with Crippen molar-refractivity contribution in [2.24, 2.45) is 0 Å². The minimum absolute atomic E-state index is 0.0351. The molecule has 1 aromatic heterocycles. The van der Waals surface area contributed by atoms with E-state index < -0.39 is 34.4 Å². The Bertz CT molecular complexity index is 988. The minimum atomic E-state index is -3.19. The highest BCUT2D eigenvalue weighted by Gasteiger charge is 2.35. The van der Waals surface area contributed by atoms with Gasteiger partial charge in [-0.3, -0.25) is 4.79 Å². The summed E-state index contributed by atoms with van der Waals surface area (Å²) in [6.07, 6.45) is 2.01. The summed E-state index contributed by atoms with van der Waals surface area (Å²) in [6.45, 7) is 3.60. The van der Waals surface area contributed by atoms with Crippen LogP contribution in [0.3, 0.4) is 0 Å². The summed E-state index contributed by atoms with van der Waals surface area (Å²) in [5.41, 5.74) is 0.671. The molecular weight excluding hydrogens is 414 g/mol. The summed E-state index contributed by atoms with van der Waals surface area (Å²) in [7, 11) is -3.19. The Hall–Kier alpha value is -2.72. The number of esters is 1. The highest BCUT2D eigenvalue weighted by Crippen LogP contribution is 2.25. The Morgan fingerprint density at radius 1 is 1.34 bits per heavy atom. The molecular formula is C19H21N3O5S2. The molecule has 8 nitrogen and oxygen atoms in total. The fourth-order valence-corrected chi connectivity index (χ4v) is 5.39. The number of anilines is 2. The van der Waals surface area contributed by atoms with Crippen LogP contribution in [0.4, 0.5) is 10.8 Å². The molecule has 1 fully saturated rings. The number of hydrogen-bond donors (Lipinski definition) is 1. The molecule has 1 atom stereocenters. The fraction of sp³-hybridized carbons (Fsp3) is 0.316. The fourth-order valence-electron chi connectivity index (χ4n) is 3.00. The Kier molecular flexibility index (Phi) is 6.65. The van der Waals surface area contributed by atoms with Crippen LogP contribution in [-0.4, -0.2) is 56.0 Å². The Balaban J connectivity index is 1.68. The van der Waals surface area contributed by atoms with Crippen LogP contribution >= 0.6 is 11.3 Å². The molecule has 154 valence electrons. The first kappa shape index (κ1) is 21.0. The smallest absolute Gasteiger partial charge is 0.358 e. The number of carbonyl (C=O) groups is 2. The van der Waals surface area contributed by atoms with E-state index in [2.05, 4.69) is 16.9 Å². The van der Waals surface area contributed by atoms with E-state index in [0.29, 0.717) is 23.8 Å². The van der Waals surface area contributed by atoms with Gasteiger partial charge >= 0.3 is 5.97 Å². The van der Waals surface area contributed by atoms with Crippen LogP contribution in [0.5, 0.6) is 0 Å². The van der Waals surface area contributed by atoms with Crippen LogP contribution in [0.1, 0.15) is 16.9 Å². The zero-order valence-corrected chi connectivity index (χ0v) is 17.2. The van der Waals surface area contributed by atoms with E-state index in [0.717, 1.165) is 0 Å². The van der Waals surface area contributed by atoms with Gasteiger partial charge in [-0.2, -0.15) is 0 Å². The van der Waals surface area contributed by atoms with Crippen molar-refractivity contribution in [3.05, 3.63) is 54.1 Å². The highest BCUT2D eigenvalue weighted by molar-refractivity contribution is 7.91. The van der Waals surface area contributed by atoms with Gasteiger partial charge < -0.3 is 15.0 Å². The average Bonchev–Trinajstić information content (AvgIpc) is 3.32. The van der Waals surface area contributed by atoms with Gasteiger partial charge in [0.2, 0.25) is 0 Å².